The molecule has 1 aromatic heterocycles. The van der Waals surface area contributed by atoms with E-state index in [2.05, 4.69) is 36.5 Å². The Labute approximate surface area is 127 Å². The number of aromatic amines is 1. The van der Waals surface area contributed by atoms with Crippen LogP contribution in [0.4, 0.5) is 14.5 Å². The number of amides is 1. The molecule has 0 fully saturated rings. The molecule has 1 amide bonds. The second kappa shape index (κ2) is 5.53. The standard InChI is InChI=1S/C13H11BrF2N4O/c14-6-1-7(15)12(8(16)2-6)20-13(21)10-3-9-11(4-17-10)19-5-18-9/h1-2,5,10,17H,3-4H2,(H,18,19)(H,20,21). The van der Waals surface area contributed by atoms with Crippen LogP contribution in [0.5, 0.6) is 0 Å². The van der Waals surface area contributed by atoms with Crippen molar-refractivity contribution in [3.63, 3.8) is 0 Å². The van der Waals surface area contributed by atoms with E-state index in [1.807, 2.05) is 0 Å². The quantitative estimate of drug-likeness (QED) is 0.771. The fourth-order valence-corrected chi connectivity index (χ4v) is 2.63. The molecular formula is C13H11BrF2N4O. The molecule has 1 unspecified atom stereocenters. The van der Waals surface area contributed by atoms with E-state index in [4.69, 9.17) is 0 Å². The smallest absolute Gasteiger partial charge is 0.242 e. The lowest BCUT2D eigenvalue weighted by Gasteiger charge is -2.22. The van der Waals surface area contributed by atoms with Crippen molar-refractivity contribution in [3.8, 4) is 0 Å². The minimum Gasteiger partial charge on any atom is -0.347 e. The van der Waals surface area contributed by atoms with E-state index in [1.165, 1.54) is 0 Å². The summed E-state index contributed by atoms with van der Waals surface area (Å²) >= 11 is 2.99. The van der Waals surface area contributed by atoms with Crippen LogP contribution in [0.15, 0.2) is 22.9 Å². The number of rotatable bonds is 2. The monoisotopic (exact) mass is 356 g/mol. The minimum absolute atomic E-state index is 0.271. The molecule has 2 aromatic rings. The zero-order valence-electron chi connectivity index (χ0n) is 10.7. The van der Waals surface area contributed by atoms with Crippen LogP contribution < -0.4 is 10.6 Å². The van der Waals surface area contributed by atoms with Crippen LogP contribution in [0.3, 0.4) is 0 Å². The molecule has 1 atom stereocenters. The third-order valence-corrected chi connectivity index (χ3v) is 3.76. The number of anilines is 1. The average Bonchev–Trinajstić information content (AvgIpc) is 2.89. The van der Waals surface area contributed by atoms with Crippen molar-refractivity contribution in [1.29, 1.82) is 0 Å². The van der Waals surface area contributed by atoms with Crippen LogP contribution >= 0.6 is 15.9 Å². The molecular weight excluding hydrogens is 346 g/mol. The van der Waals surface area contributed by atoms with Crippen LogP contribution in [0, 0.1) is 11.6 Å². The summed E-state index contributed by atoms with van der Waals surface area (Å²) in [7, 11) is 0. The molecule has 8 heteroatoms. The van der Waals surface area contributed by atoms with Crippen molar-refractivity contribution in [2.24, 2.45) is 0 Å². The van der Waals surface area contributed by atoms with Gasteiger partial charge in [-0.3, -0.25) is 10.1 Å². The summed E-state index contributed by atoms with van der Waals surface area (Å²) in [6.45, 7) is 0.457. The van der Waals surface area contributed by atoms with Crippen molar-refractivity contribution in [1.82, 2.24) is 15.3 Å². The predicted octanol–water partition coefficient (Wildman–Crippen LogP) is 2.10. The van der Waals surface area contributed by atoms with E-state index in [1.54, 1.807) is 6.33 Å². The SMILES string of the molecule is O=C(Nc1c(F)cc(Br)cc1F)C1Cc2nc[nH]c2CN1. The van der Waals surface area contributed by atoms with E-state index in [0.29, 0.717) is 13.0 Å². The molecule has 1 aromatic carbocycles. The first-order valence-corrected chi connectivity index (χ1v) is 7.04. The highest BCUT2D eigenvalue weighted by molar-refractivity contribution is 9.10. The maximum atomic E-state index is 13.7. The number of hydrogen-bond acceptors (Lipinski definition) is 3. The third kappa shape index (κ3) is 2.81. The Morgan fingerprint density at radius 2 is 2.10 bits per heavy atom. The van der Waals surface area contributed by atoms with Crippen LogP contribution in [0.1, 0.15) is 11.4 Å². The zero-order chi connectivity index (χ0) is 15.0. The van der Waals surface area contributed by atoms with Gasteiger partial charge in [-0.05, 0) is 12.1 Å². The number of hydrogen-bond donors (Lipinski definition) is 3. The second-order valence-corrected chi connectivity index (χ2v) is 5.61. The zero-order valence-corrected chi connectivity index (χ0v) is 12.3. The first-order valence-electron chi connectivity index (χ1n) is 6.24. The fourth-order valence-electron chi connectivity index (χ4n) is 2.23. The highest BCUT2D eigenvalue weighted by Crippen LogP contribution is 2.24. The molecule has 110 valence electrons. The molecule has 1 aliphatic heterocycles. The molecule has 3 N–H and O–H groups in total. The number of aromatic nitrogens is 2. The van der Waals surface area contributed by atoms with E-state index in [9.17, 15) is 13.6 Å². The van der Waals surface area contributed by atoms with Gasteiger partial charge in [0, 0.05) is 17.4 Å². The van der Waals surface area contributed by atoms with Crippen molar-refractivity contribution < 1.29 is 13.6 Å². The number of imidazole rings is 1. The number of fused-ring (bicyclic) bond motifs is 1. The number of nitrogens with zero attached hydrogens (tertiary/aromatic N) is 1. The molecule has 0 saturated carbocycles. The first kappa shape index (κ1) is 14.2. The molecule has 1 aliphatic rings. The summed E-state index contributed by atoms with van der Waals surface area (Å²) in [4.78, 5) is 19.2. The largest absolute Gasteiger partial charge is 0.347 e. The molecule has 0 radical (unpaired) electrons. The molecule has 0 saturated heterocycles. The summed E-state index contributed by atoms with van der Waals surface area (Å²) in [5.74, 6) is -2.15. The summed E-state index contributed by atoms with van der Waals surface area (Å²) < 4.78 is 27.7. The van der Waals surface area contributed by atoms with Gasteiger partial charge < -0.3 is 10.3 Å². The summed E-state index contributed by atoms with van der Waals surface area (Å²) in [5.41, 5.74) is 1.25. The number of carbonyl (C=O) groups is 1. The van der Waals surface area contributed by atoms with Crippen molar-refractivity contribution >= 4 is 27.5 Å². The van der Waals surface area contributed by atoms with Crippen molar-refractivity contribution in [2.45, 2.75) is 19.0 Å². The summed E-state index contributed by atoms with van der Waals surface area (Å²) in [6, 6.07) is 1.61. The first-order chi connectivity index (χ1) is 10.0. The molecule has 3 rings (SSSR count). The number of benzene rings is 1. The average molecular weight is 357 g/mol. The van der Waals surface area contributed by atoms with Gasteiger partial charge in [0.25, 0.3) is 0 Å². The topological polar surface area (TPSA) is 69.8 Å². The van der Waals surface area contributed by atoms with Gasteiger partial charge in [-0.15, -0.1) is 0 Å². The summed E-state index contributed by atoms with van der Waals surface area (Å²) in [5, 5.41) is 5.28. The number of H-pyrrole nitrogens is 1. The van der Waals surface area contributed by atoms with E-state index >= 15 is 0 Å². The number of carbonyl (C=O) groups excluding carboxylic acids is 1. The van der Waals surface area contributed by atoms with Crippen LogP contribution in [0.25, 0.3) is 0 Å². The fraction of sp³-hybridized carbons (Fsp3) is 0.231. The lowest BCUT2D eigenvalue weighted by molar-refractivity contribution is -0.118. The normalized spacial score (nSPS) is 17.4. The van der Waals surface area contributed by atoms with Gasteiger partial charge in [-0.25, -0.2) is 13.8 Å². The lowest BCUT2D eigenvalue weighted by atomic mass is 10.0. The Bertz CT molecular complexity index is 680. The molecule has 0 bridgehead atoms. The number of nitrogens with one attached hydrogen (secondary N) is 3. The Kier molecular flexibility index (Phi) is 3.73. The van der Waals surface area contributed by atoms with Crippen molar-refractivity contribution in [3.05, 3.63) is 46.0 Å². The Morgan fingerprint density at radius 1 is 1.38 bits per heavy atom. The van der Waals surface area contributed by atoms with Gasteiger partial charge in [0.05, 0.1) is 23.8 Å². The Hall–Kier alpha value is -1.80. The van der Waals surface area contributed by atoms with E-state index < -0.39 is 29.3 Å². The van der Waals surface area contributed by atoms with Gasteiger partial charge in [0.1, 0.15) is 5.69 Å². The maximum Gasteiger partial charge on any atom is 0.242 e. The molecule has 0 spiro atoms. The van der Waals surface area contributed by atoms with E-state index in [0.717, 1.165) is 23.5 Å². The predicted molar refractivity (Wildman–Crippen MR) is 75.6 cm³/mol. The second-order valence-electron chi connectivity index (χ2n) is 4.70. The molecule has 0 aliphatic carbocycles. The Balaban J connectivity index is 1.76. The highest BCUT2D eigenvalue weighted by atomic mass is 79.9. The number of halogens is 3. The molecule has 5 nitrogen and oxygen atoms in total. The molecule has 2 heterocycles. The minimum atomic E-state index is -0.827. The Morgan fingerprint density at radius 3 is 2.81 bits per heavy atom. The van der Waals surface area contributed by atoms with Gasteiger partial charge in [-0.1, -0.05) is 15.9 Å². The lowest BCUT2D eigenvalue weighted by Crippen LogP contribution is -2.45. The molecule has 21 heavy (non-hydrogen) atoms. The van der Waals surface area contributed by atoms with E-state index in [-0.39, 0.29) is 4.47 Å². The highest BCUT2D eigenvalue weighted by Gasteiger charge is 2.27. The van der Waals surface area contributed by atoms with Gasteiger partial charge >= 0.3 is 0 Å². The van der Waals surface area contributed by atoms with Crippen LogP contribution in [-0.2, 0) is 17.8 Å². The van der Waals surface area contributed by atoms with Crippen LogP contribution in [0.2, 0.25) is 0 Å². The maximum absolute atomic E-state index is 13.7. The summed E-state index contributed by atoms with van der Waals surface area (Å²) in [6.07, 6.45) is 1.92. The van der Waals surface area contributed by atoms with Gasteiger partial charge in [0.2, 0.25) is 5.91 Å². The van der Waals surface area contributed by atoms with Crippen molar-refractivity contribution in [2.75, 3.05) is 5.32 Å². The third-order valence-electron chi connectivity index (χ3n) is 3.30. The van der Waals surface area contributed by atoms with Crippen LogP contribution in [-0.4, -0.2) is 21.9 Å². The van der Waals surface area contributed by atoms with Gasteiger partial charge in [0.15, 0.2) is 11.6 Å². The van der Waals surface area contributed by atoms with Gasteiger partial charge in [-0.2, -0.15) is 0 Å².